The standard InChI is InChI=1S/C55H31N7/c1-56-40-14-10-12-38(30-40)48-34-47(59-55(60-48)39-13-11-15-41(31-39)57-2)36-24-22-35(23-25-36)37-26-28-54(49(32-37)58-3)62-52-21-9-6-18-45(52)46-33-42(27-29-53(46)62)61-50-19-7-4-16-43(50)44-17-5-8-20-51(44)61/h4-34H. The van der Waals surface area contributed by atoms with E-state index >= 15 is 0 Å². The van der Waals surface area contributed by atoms with Gasteiger partial charge in [0.2, 0.25) is 5.69 Å². The Bertz CT molecular complexity index is 3610. The maximum Gasteiger partial charge on any atom is 0.211 e. The second-order valence-corrected chi connectivity index (χ2v) is 15.1. The molecule has 11 rings (SSSR count). The summed E-state index contributed by atoms with van der Waals surface area (Å²) < 4.78 is 4.56. The van der Waals surface area contributed by atoms with Crippen LogP contribution >= 0.6 is 0 Å². The molecule has 286 valence electrons. The Morgan fingerprint density at radius 2 is 0.887 bits per heavy atom. The fourth-order valence-corrected chi connectivity index (χ4v) is 8.70. The molecule has 0 amide bonds. The molecular weight excluding hydrogens is 759 g/mol. The van der Waals surface area contributed by atoms with Gasteiger partial charge in [0.15, 0.2) is 17.2 Å². The van der Waals surface area contributed by atoms with Gasteiger partial charge in [-0.1, -0.05) is 121 Å². The summed E-state index contributed by atoms with van der Waals surface area (Å²) in [6.45, 7) is 23.5. The monoisotopic (exact) mass is 789 g/mol. The van der Waals surface area contributed by atoms with Gasteiger partial charge in [-0.25, -0.2) is 24.5 Å². The van der Waals surface area contributed by atoms with Gasteiger partial charge in [0.05, 0.1) is 58.9 Å². The number of rotatable bonds is 6. The molecule has 0 saturated heterocycles. The van der Waals surface area contributed by atoms with Crippen LogP contribution in [-0.4, -0.2) is 19.1 Å². The number of nitrogens with zero attached hydrogens (tertiary/aromatic N) is 7. The Morgan fingerprint density at radius 3 is 1.53 bits per heavy atom. The van der Waals surface area contributed by atoms with Crippen LogP contribution in [0.5, 0.6) is 0 Å². The van der Waals surface area contributed by atoms with Crippen molar-refractivity contribution < 1.29 is 0 Å². The van der Waals surface area contributed by atoms with Gasteiger partial charge in [-0.2, -0.15) is 0 Å². The van der Waals surface area contributed by atoms with Crippen molar-refractivity contribution in [2.24, 2.45) is 0 Å². The number of hydrogen-bond acceptors (Lipinski definition) is 2. The molecule has 8 aromatic carbocycles. The third-order valence-electron chi connectivity index (χ3n) is 11.6. The van der Waals surface area contributed by atoms with E-state index in [1.165, 1.54) is 10.8 Å². The number of aromatic nitrogens is 4. The predicted octanol–water partition coefficient (Wildman–Crippen LogP) is 15.0. The Kier molecular flexibility index (Phi) is 8.50. The molecule has 3 heterocycles. The van der Waals surface area contributed by atoms with Gasteiger partial charge in [0.25, 0.3) is 0 Å². The zero-order chi connectivity index (χ0) is 41.7. The molecule has 7 heteroatoms. The molecule has 62 heavy (non-hydrogen) atoms. The van der Waals surface area contributed by atoms with Gasteiger partial charge in [-0.05, 0) is 83.4 Å². The average Bonchev–Trinajstić information content (AvgIpc) is 3.86. The summed E-state index contributed by atoms with van der Waals surface area (Å²) in [7, 11) is 0. The summed E-state index contributed by atoms with van der Waals surface area (Å²) in [5.41, 5.74) is 13.6. The van der Waals surface area contributed by atoms with Crippen molar-refractivity contribution in [3.05, 3.63) is 222 Å². The average molecular weight is 790 g/mol. The van der Waals surface area contributed by atoms with Crippen LogP contribution in [-0.2, 0) is 0 Å². The Labute approximate surface area is 357 Å². The summed E-state index contributed by atoms with van der Waals surface area (Å²) in [6, 6.07) is 63.1. The normalized spacial score (nSPS) is 11.2. The minimum absolute atomic E-state index is 0.491. The molecule has 0 spiro atoms. The Morgan fingerprint density at radius 1 is 0.355 bits per heavy atom. The number of para-hydroxylation sites is 3. The van der Waals surface area contributed by atoms with Crippen molar-refractivity contribution in [2.45, 2.75) is 0 Å². The van der Waals surface area contributed by atoms with Gasteiger partial charge in [-0.15, -0.1) is 0 Å². The van der Waals surface area contributed by atoms with E-state index in [1.807, 2.05) is 54.6 Å². The van der Waals surface area contributed by atoms with Crippen LogP contribution < -0.4 is 0 Å². The van der Waals surface area contributed by atoms with E-state index in [9.17, 15) is 0 Å². The van der Waals surface area contributed by atoms with Crippen LogP contribution in [0.4, 0.5) is 17.1 Å². The van der Waals surface area contributed by atoms with Gasteiger partial charge in [0.1, 0.15) is 0 Å². The first-order valence-corrected chi connectivity index (χ1v) is 20.1. The van der Waals surface area contributed by atoms with E-state index in [1.54, 1.807) is 18.2 Å². The fraction of sp³-hybridized carbons (Fsp3) is 0. The molecule has 7 nitrogen and oxygen atoms in total. The van der Waals surface area contributed by atoms with Crippen molar-refractivity contribution in [3.8, 4) is 56.4 Å². The molecule has 0 aliphatic rings. The molecule has 0 aliphatic carbocycles. The molecule has 0 aliphatic heterocycles. The fourth-order valence-electron chi connectivity index (χ4n) is 8.70. The predicted molar refractivity (Wildman–Crippen MR) is 251 cm³/mol. The minimum Gasteiger partial charge on any atom is -0.319 e. The van der Waals surface area contributed by atoms with Crippen LogP contribution in [0.15, 0.2) is 188 Å². The van der Waals surface area contributed by atoms with E-state index in [0.29, 0.717) is 34.3 Å². The molecule has 0 radical (unpaired) electrons. The molecule has 0 atom stereocenters. The second-order valence-electron chi connectivity index (χ2n) is 15.1. The summed E-state index contributed by atoms with van der Waals surface area (Å²) in [5, 5.41) is 4.68. The Balaban J connectivity index is 0.982. The second kappa shape index (κ2) is 14.6. The van der Waals surface area contributed by atoms with Crippen molar-refractivity contribution >= 4 is 60.7 Å². The topological polar surface area (TPSA) is 48.7 Å². The minimum atomic E-state index is 0.491. The van der Waals surface area contributed by atoms with Crippen LogP contribution in [0, 0.1) is 19.7 Å². The van der Waals surface area contributed by atoms with Crippen molar-refractivity contribution in [1.82, 2.24) is 19.1 Å². The highest BCUT2D eigenvalue weighted by Crippen LogP contribution is 2.40. The van der Waals surface area contributed by atoms with Crippen LogP contribution in [0.25, 0.3) is 115 Å². The largest absolute Gasteiger partial charge is 0.319 e. The molecule has 0 fully saturated rings. The third-order valence-corrected chi connectivity index (χ3v) is 11.6. The Hall–Kier alpha value is -9.09. The molecule has 0 N–H and O–H groups in total. The van der Waals surface area contributed by atoms with Crippen LogP contribution in [0.3, 0.4) is 0 Å². The molecular formula is C55H31N7. The first-order valence-electron chi connectivity index (χ1n) is 20.1. The highest BCUT2D eigenvalue weighted by Gasteiger charge is 2.19. The molecule has 0 bridgehead atoms. The van der Waals surface area contributed by atoms with Crippen molar-refractivity contribution in [1.29, 1.82) is 0 Å². The van der Waals surface area contributed by atoms with Crippen LogP contribution in [0.2, 0.25) is 0 Å². The highest BCUT2D eigenvalue weighted by molar-refractivity contribution is 6.12. The van der Waals surface area contributed by atoms with Crippen molar-refractivity contribution in [3.63, 3.8) is 0 Å². The van der Waals surface area contributed by atoms with Crippen LogP contribution in [0.1, 0.15) is 0 Å². The van der Waals surface area contributed by atoms with E-state index in [2.05, 4.69) is 139 Å². The highest BCUT2D eigenvalue weighted by atomic mass is 15.0. The third kappa shape index (κ3) is 5.96. The van der Waals surface area contributed by atoms with Gasteiger partial charge < -0.3 is 9.13 Å². The lowest BCUT2D eigenvalue weighted by atomic mass is 10.0. The SMILES string of the molecule is [C-]#[N+]c1cccc(-c2cc(-c3ccc(-c4ccc(-n5c6ccccc6c6cc(-n7c8ccccc8c8ccccc87)ccc65)c([N+]#[C-])c4)cc3)nc(-c3cccc([N+]#[C-])c3)n2)c1. The van der Waals surface area contributed by atoms with E-state index in [0.717, 1.165) is 72.0 Å². The molecule has 3 aromatic heterocycles. The number of benzene rings is 8. The lowest BCUT2D eigenvalue weighted by Crippen LogP contribution is -1.96. The zero-order valence-corrected chi connectivity index (χ0v) is 33.0. The van der Waals surface area contributed by atoms with Gasteiger partial charge in [-0.3, -0.25) is 0 Å². The van der Waals surface area contributed by atoms with E-state index < -0.39 is 0 Å². The first-order chi connectivity index (χ1) is 30.6. The summed E-state index contributed by atoms with van der Waals surface area (Å²) >= 11 is 0. The first kappa shape index (κ1) is 36.0. The molecule has 0 saturated carbocycles. The summed E-state index contributed by atoms with van der Waals surface area (Å²) in [5.74, 6) is 0.491. The molecule has 0 unspecified atom stereocenters. The number of fused-ring (bicyclic) bond motifs is 6. The molecule has 11 aromatic rings. The zero-order valence-electron chi connectivity index (χ0n) is 33.0. The smallest absolute Gasteiger partial charge is 0.211 e. The van der Waals surface area contributed by atoms with Gasteiger partial charge in [0, 0.05) is 38.4 Å². The lowest BCUT2D eigenvalue weighted by molar-refractivity contribution is 1.17. The van der Waals surface area contributed by atoms with Gasteiger partial charge >= 0.3 is 0 Å². The van der Waals surface area contributed by atoms with E-state index in [4.69, 9.17) is 29.7 Å². The summed E-state index contributed by atoms with van der Waals surface area (Å²) in [4.78, 5) is 21.2. The summed E-state index contributed by atoms with van der Waals surface area (Å²) in [6.07, 6.45) is 0. The maximum atomic E-state index is 8.39. The van der Waals surface area contributed by atoms with Crippen molar-refractivity contribution in [2.75, 3.05) is 0 Å². The number of hydrogen-bond donors (Lipinski definition) is 0. The maximum absolute atomic E-state index is 8.39. The quantitative estimate of drug-likeness (QED) is 0.158. The van der Waals surface area contributed by atoms with E-state index in [-0.39, 0.29) is 0 Å². The lowest BCUT2D eigenvalue weighted by Gasteiger charge is -2.13.